The highest BCUT2D eigenvalue weighted by Gasteiger charge is 2.03. The second-order valence-corrected chi connectivity index (χ2v) is 4.63. The molecule has 2 nitrogen and oxygen atoms in total. The molecule has 3 aromatic rings. The Morgan fingerprint density at radius 1 is 1.24 bits per heavy atom. The fraction of sp³-hybridized carbons (Fsp3) is 0. The fourth-order valence-corrected chi connectivity index (χ4v) is 2.31. The van der Waals surface area contributed by atoms with Crippen LogP contribution in [0.25, 0.3) is 23.1 Å². The SMILES string of the molecule is Fc1ccc2c(/C=C/c3cccs3)n[nH]c2c1. The van der Waals surface area contributed by atoms with Gasteiger partial charge < -0.3 is 0 Å². The molecule has 2 aromatic heterocycles. The molecular weight excluding hydrogens is 235 g/mol. The van der Waals surface area contributed by atoms with E-state index in [9.17, 15) is 4.39 Å². The average molecular weight is 244 g/mol. The van der Waals surface area contributed by atoms with E-state index in [1.807, 2.05) is 29.7 Å². The smallest absolute Gasteiger partial charge is 0.125 e. The van der Waals surface area contributed by atoms with Crippen molar-refractivity contribution in [2.75, 3.05) is 0 Å². The average Bonchev–Trinajstić information content (AvgIpc) is 2.94. The largest absolute Gasteiger partial charge is 0.277 e. The first-order chi connectivity index (χ1) is 8.33. The first-order valence-corrected chi connectivity index (χ1v) is 6.06. The van der Waals surface area contributed by atoms with Crippen LogP contribution in [0.5, 0.6) is 0 Å². The lowest BCUT2D eigenvalue weighted by Crippen LogP contribution is -1.73. The van der Waals surface area contributed by atoms with Crippen molar-refractivity contribution in [1.29, 1.82) is 0 Å². The van der Waals surface area contributed by atoms with E-state index in [2.05, 4.69) is 10.2 Å². The number of nitrogens with zero attached hydrogens (tertiary/aromatic N) is 1. The number of nitrogens with one attached hydrogen (secondary N) is 1. The van der Waals surface area contributed by atoms with Crippen LogP contribution in [-0.4, -0.2) is 10.2 Å². The minimum Gasteiger partial charge on any atom is -0.277 e. The van der Waals surface area contributed by atoms with Crippen molar-refractivity contribution < 1.29 is 4.39 Å². The third-order valence-electron chi connectivity index (χ3n) is 2.50. The van der Waals surface area contributed by atoms with Gasteiger partial charge in [-0.3, -0.25) is 5.10 Å². The summed E-state index contributed by atoms with van der Waals surface area (Å²) in [7, 11) is 0. The summed E-state index contributed by atoms with van der Waals surface area (Å²) in [6, 6.07) is 8.67. The first kappa shape index (κ1) is 10.2. The molecule has 0 aliphatic heterocycles. The Kier molecular flexibility index (Phi) is 2.49. The van der Waals surface area contributed by atoms with Gasteiger partial charge in [-0.2, -0.15) is 5.10 Å². The van der Waals surface area contributed by atoms with Crippen molar-refractivity contribution >= 4 is 34.4 Å². The molecule has 0 aliphatic carbocycles. The second-order valence-electron chi connectivity index (χ2n) is 3.65. The van der Waals surface area contributed by atoms with Gasteiger partial charge in [0, 0.05) is 10.3 Å². The second kappa shape index (κ2) is 4.14. The summed E-state index contributed by atoms with van der Waals surface area (Å²) < 4.78 is 13.0. The quantitative estimate of drug-likeness (QED) is 0.726. The van der Waals surface area contributed by atoms with Gasteiger partial charge >= 0.3 is 0 Å². The molecule has 4 heteroatoms. The Balaban J connectivity index is 2.01. The van der Waals surface area contributed by atoms with E-state index in [0.29, 0.717) is 0 Å². The van der Waals surface area contributed by atoms with Gasteiger partial charge in [0.25, 0.3) is 0 Å². The van der Waals surface area contributed by atoms with Gasteiger partial charge in [0.05, 0.1) is 11.2 Å². The number of fused-ring (bicyclic) bond motifs is 1. The van der Waals surface area contributed by atoms with Gasteiger partial charge in [0.2, 0.25) is 0 Å². The molecule has 2 heterocycles. The van der Waals surface area contributed by atoms with Crippen molar-refractivity contribution in [3.8, 4) is 0 Å². The summed E-state index contributed by atoms with van der Waals surface area (Å²) in [5.74, 6) is -0.255. The summed E-state index contributed by atoms with van der Waals surface area (Å²) >= 11 is 1.67. The minimum atomic E-state index is -0.255. The van der Waals surface area contributed by atoms with Crippen LogP contribution in [0.3, 0.4) is 0 Å². The molecule has 0 radical (unpaired) electrons. The topological polar surface area (TPSA) is 28.7 Å². The van der Waals surface area contributed by atoms with Crippen molar-refractivity contribution in [2.24, 2.45) is 0 Å². The molecule has 1 aromatic carbocycles. The Morgan fingerprint density at radius 2 is 2.18 bits per heavy atom. The van der Waals surface area contributed by atoms with Crippen molar-refractivity contribution in [3.63, 3.8) is 0 Å². The van der Waals surface area contributed by atoms with E-state index < -0.39 is 0 Å². The van der Waals surface area contributed by atoms with Crippen LogP contribution < -0.4 is 0 Å². The fourth-order valence-electron chi connectivity index (χ4n) is 1.69. The Labute approximate surface area is 101 Å². The van der Waals surface area contributed by atoms with Crippen molar-refractivity contribution in [1.82, 2.24) is 10.2 Å². The van der Waals surface area contributed by atoms with Crippen LogP contribution in [-0.2, 0) is 0 Å². The van der Waals surface area contributed by atoms with Gasteiger partial charge in [0.15, 0.2) is 0 Å². The van der Waals surface area contributed by atoms with Crippen LogP contribution in [0.2, 0.25) is 0 Å². The number of hydrogen-bond donors (Lipinski definition) is 1. The zero-order chi connectivity index (χ0) is 11.7. The molecule has 0 aliphatic rings. The number of thiophene rings is 1. The van der Waals surface area contributed by atoms with Gasteiger partial charge in [-0.05, 0) is 41.8 Å². The van der Waals surface area contributed by atoms with Gasteiger partial charge in [0.1, 0.15) is 5.82 Å². The van der Waals surface area contributed by atoms with E-state index in [-0.39, 0.29) is 5.82 Å². The van der Waals surface area contributed by atoms with Gasteiger partial charge in [-0.1, -0.05) is 6.07 Å². The van der Waals surface area contributed by atoms with Crippen LogP contribution in [0.1, 0.15) is 10.6 Å². The normalized spacial score (nSPS) is 11.6. The summed E-state index contributed by atoms with van der Waals surface area (Å²) in [6.45, 7) is 0. The number of rotatable bonds is 2. The van der Waals surface area contributed by atoms with Crippen molar-refractivity contribution in [3.05, 3.63) is 52.1 Å². The molecule has 1 N–H and O–H groups in total. The first-order valence-electron chi connectivity index (χ1n) is 5.18. The van der Waals surface area contributed by atoms with E-state index in [4.69, 9.17) is 0 Å². The molecule has 0 saturated carbocycles. The molecule has 0 saturated heterocycles. The molecule has 0 amide bonds. The van der Waals surface area contributed by atoms with Gasteiger partial charge in [-0.15, -0.1) is 11.3 Å². The summed E-state index contributed by atoms with van der Waals surface area (Å²) in [6.07, 6.45) is 3.94. The van der Waals surface area contributed by atoms with E-state index >= 15 is 0 Å². The zero-order valence-electron chi connectivity index (χ0n) is 8.85. The van der Waals surface area contributed by atoms with E-state index in [0.717, 1.165) is 16.6 Å². The lowest BCUT2D eigenvalue weighted by Gasteiger charge is -1.90. The summed E-state index contributed by atoms with van der Waals surface area (Å²) in [5, 5.41) is 9.94. The molecular formula is C13H9FN2S. The molecule has 0 atom stereocenters. The van der Waals surface area contributed by atoms with Crippen LogP contribution in [0, 0.1) is 5.82 Å². The monoisotopic (exact) mass is 244 g/mol. The highest BCUT2D eigenvalue weighted by molar-refractivity contribution is 7.10. The number of H-pyrrole nitrogens is 1. The third-order valence-corrected chi connectivity index (χ3v) is 3.34. The molecule has 0 unspecified atom stereocenters. The standard InChI is InChI=1S/C13H9FN2S/c14-9-3-5-11-12(15-16-13(11)8-9)6-4-10-2-1-7-17-10/h1-8H,(H,15,16)/b6-4+. The molecule has 3 rings (SSSR count). The third kappa shape index (κ3) is 1.99. The number of benzene rings is 1. The highest BCUT2D eigenvalue weighted by atomic mass is 32.1. The maximum Gasteiger partial charge on any atom is 0.125 e. The lowest BCUT2D eigenvalue weighted by molar-refractivity contribution is 0.629. The number of aromatic amines is 1. The number of halogens is 1. The summed E-state index contributed by atoms with van der Waals surface area (Å²) in [5.41, 5.74) is 1.55. The molecule has 0 bridgehead atoms. The lowest BCUT2D eigenvalue weighted by atomic mass is 10.2. The van der Waals surface area contributed by atoms with Crippen LogP contribution in [0.15, 0.2) is 35.7 Å². The Morgan fingerprint density at radius 3 is 3.00 bits per heavy atom. The van der Waals surface area contributed by atoms with Gasteiger partial charge in [-0.25, -0.2) is 4.39 Å². The number of hydrogen-bond acceptors (Lipinski definition) is 2. The highest BCUT2D eigenvalue weighted by Crippen LogP contribution is 2.20. The molecule has 0 fully saturated rings. The van der Waals surface area contributed by atoms with Crippen LogP contribution in [0.4, 0.5) is 4.39 Å². The molecule has 0 spiro atoms. The molecule has 84 valence electrons. The maximum atomic E-state index is 13.0. The minimum absolute atomic E-state index is 0.255. The van der Waals surface area contributed by atoms with Crippen LogP contribution >= 0.6 is 11.3 Å². The zero-order valence-corrected chi connectivity index (χ0v) is 9.67. The number of aromatic nitrogens is 2. The summed E-state index contributed by atoms with van der Waals surface area (Å²) in [4.78, 5) is 1.17. The predicted octanol–water partition coefficient (Wildman–Crippen LogP) is 3.93. The maximum absolute atomic E-state index is 13.0. The van der Waals surface area contributed by atoms with E-state index in [1.54, 1.807) is 17.4 Å². The predicted molar refractivity (Wildman–Crippen MR) is 69.3 cm³/mol. The van der Waals surface area contributed by atoms with E-state index in [1.165, 1.54) is 17.0 Å². The Hall–Kier alpha value is -1.94. The van der Waals surface area contributed by atoms with Crippen molar-refractivity contribution in [2.45, 2.75) is 0 Å². The molecule has 17 heavy (non-hydrogen) atoms. The Bertz CT molecular complexity index is 668.